The van der Waals surface area contributed by atoms with E-state index in [1.54, 1.807) is 24.1 Å². The van der Waals surface area contributed by atoms with Crippen molar-refractivity contribution in [2.75, 3.05) is 39.1 Å². The van der Waals surface area contributed by atoms with E-state index in [-0.39, 0.29) is 11.7 Å². The summed E-state index contributed by atoms with van der Waals surface area (Å²) in [6.07, 6.45) is 4.20. The first-order chi connectivity index (χ1) is 14.4. The lowest BCUT2D eigenvalue weighted by Crippen LogP contribution is -2.30. The second kappa shape index (κ2) is 10.5. The van der Waals surface area contributed by atoms with Crippen molar-refractivity contribution in [2.24, 2.45) is 0 Å². The molecule has 6 nitrogen and oxygen atoms in total. The van der Waals surface area contributed by atoms with Gasteiger partial charge in [-0.1, -0.05) is 12.1 Å². The molecular weight excluding hydrogens is 381 g/mol. The van der Waals surface area contributed by atoms with Crippen LogP contribution < -0.4 is 10.2 Å². The van der Waals surface area contributed by atoms with Gasteiger partial charge >= 0.3 is 0 Å². The molecule has 1 atom stereocenters. The zero-order valence-corrected chi connectivity index (χ0v) is 18.2. The first kappa shape index (κ1) is 22.2. The van der Waals surface area contributed by atoms with Crippen molar-refractivity contribution in [3.8, 4) is 0 Å². The van der Waals surface area contributed by atoms with Crippen LogP contribution in [0.1, 0.15) is 48.7 Å². The third-order valence-electron chi connectivity index (χ3n) is 5.53. The highest BCUT2D eigenvalue weighted by molar-refractivity contribution is 5.75. The maximum Gasteiger partial charge on any atom is 0.222 e. The van der Waals surface area contributed by atoms with E-state index in [9.17, 15) is 9.18 Å². The Balaban J connectivity index is 1.59. The van der Waals surface area contributed by atoms with Crippen molar-refractivity contribution in [1.82, 2.24) is 20.2 Å². The number of halogens is 1. The fraction of sp³-hybridized carbons (Fsp3) is 0.522. The molecule has 30 heavy (non-hydrogen) atoms. The predicted octanol–water partition coefficient (Wildman–Crippen LogP) is 3.13. The second-order valence-electron chi connectivity index (χ2n) is 8.23. The summed E-state index contributed by atoms with van der Waals surface area (Å²) in [5.74, 6) is 1.76. The summed E-state index contributed by atoms with van der Waals surface area (Å²) in [6, 6.07) is 8.51. The van der Waals surface area contributed by atoms with E-state index in [1.807, 2.05) is 19.0 Å². The molecule has 1 aliphatic heterocycles. The smallest absolute Gasteiger partial charge is 0.222 e. The maximum absolute atomic E-state index is 13.0. The Labute approximate surface area is 178 Å². The van der Waals surface area contributed by atoms with Crippen LogP contribution in [-0.2, 0) is 17.8 Å². The standard InChI is InChI=1S/C23H32FN5O/c1-28(2)22-14-20(18-7-5-13-25-15-18)26-21(27-22)16-29(3)23(30)8-4-6-17-9-11-19(24)12-10-17/h9-12,14,18,25H,4-8,13,15-16H2,1-3H3/t18-/m1/s1. The number of aromatic nitrogens is 2. The predicted molar refractivity (Wildman–Crippen MR) is 117 cm³/mol. The van der Waals surface area contributed by atoms with E-state index in [1.165, 1.54) is 12.1 Å². The minimum Gasteiger partial charge on any atom is -0.363 e. The third-order valence-corrected chi connectivity index (χ3v) is 5.53. The van der Waals surface area contributed by atoms with Gasteiger partial charge in [-0.2, -0.15) is 0 Å². The minimum atomic E-state index is -0.238. The van der Waals surface area contributed by atoms with Gasteiger partial charge in [0.2, 0.25) is 5.91 Å². The van der Waals surface area contributed by atoms with Crippen molar-refractivity contribution in [2.45, 2.75) is 44.6 Å². The molecule has 0 unspecified atom stereocenters. The molecule has 0 saturated carbocycles. The van der Waals surface area contributed by atoms with Crippen LogP contribution >= 0.6 is 0 Å². The van der Waals surface area contributed by atoms with E-state index in [0.29, 0.717) is 24.7 Å². The summed E-state index contributed by atoms with van der Waals surface area (Å²) in [7, 11) is 5.74. The van der Waals surface area contributed by atoms with Gasteiger partial charge in [0.15, 0.2) is 0 Å². The van der Waals surface area contributed by atoms with Crippen LogP contribution in [0.25, 0.3) is 0 Å². The molecule has 0 radical (unpaired) electrons. The highest BCUT2D eigenvalue weighted by atomic mass is 19.1. The SMILES string of the molecule is CN(Cc1nc([C@@H]2CCCNC2)cc(N(C)C)n1)C(=O)CCCc1ccc(F)cc1. The molecule has 2 heterocycles. The van der Waals surface area contributed by atoms with Crippen molar-refractivity contribution < 1.29 is 9.18 Å². The van der Waals surface area contributed by atoms with Crippen LogP contribution in [0.3, 0.4) is 0 Å². The number of carbonyl (C=O) groups excluding carboxylic acids is 1. The zero-order chi connectivity index (χ0) is 21.5. The lowest BCUT2D eigenvalue weighted by Gasteiger charge is -2.24. The van der Waals surface area contributed by atoms with Crippen molar-refractivity contribution in [3.05, 3.63) is 53.2 Å². The van der Waals surface area contributed by atoms with Crippen LogP contribution in [0.5, 0.6) is 0 Å². The highest BCUT2D eigenvalue weighted by Gasteiger charge is 2.20. The lowest BCUT2D eigenvalue weighted by atomic mass is 9.96. The third kappa shape index (κ3) is 6.23. The molecule has 1 saturated heterocycles. The zero-order valence-electron chi connectivity index (χ0n) is 18.2. The quantitative estimate of drug-likeness (QED) is 0.721. The van der Waals surface area contributed by atoms with E-state index < -0.39 is 0 Å². The Morgan fingerprint density at radius 2 is 1.97 bits per heavy atom. The second-order valence-corrected chi connectivity index (χ2v) is 8.23. The molecule has 0 spiro atoms. The molecule has 0 bridgehead atoms. The van der Waals surface area contributed by atoms with Crippen molar-refractivity contribution in [1.29, 1.82) is 0 Å². The van der Waals surface area contributed by atoms with Crippen LogP contribution in [-0.4, -0.2) is 55.0 Å². The Kier molecular flexibility index (Phi) is 7.74. The van der Waals surface area contributed by atoms with Gasteiger partial charge in [-0.05, 0) is 49.9 Å². The molecule has 1 aromatic heterocycles. The van der Waals surface area contributed by atoms with Crippen molar-refractivity contribution in [3.63, 3.8) is 0 Å². The topological polar surface area (TPSA) is 61.4 Å². The van der Waals surface area contributed by atoms with Gasteiger partial charge in [-0.25, -0.2) is 14.4 Å². The summed E-state index contributed by atoms with van der Waals surface area (Å²) >= 11 is 0. The van der Waals surface area contributed by atoms with E-state index >= 15 is 0 Å². The fourth-order valence-corrected chi connectivity index (χ4v) is 3.70. The van der Waals surface area contributed by atoms with Gasteiger partial charge in [-0.3, -0.25) is 4.79 Å². The first-order valence-corrected chi connectivity index (χ1v) is 10.7. The number of aryl methyl sites for hydroxylation is 1. The number of rotatable bonds is 8. The summed E-state index contributed by atoms with van der Waals surface area (Å²) in [6.45, 7) is 2.38. The van der Waals surface area contributed by atoms with E-state index in [4.69, 9.17) is 4.98 Å². The van der Waals surface area contributed by atoms with E-state index in [2.05, 4.69) is 16.4 Å². The number of nitrogens with zero attached hydrogens (tertiary/aromatic N) is 4. The molecule has 1 fully saturated rings. The largest absolute Gasteiger partial charge is 0.363 e. The van der Waals surface area contributed by atoms with Gasteiger partial charge in [0.1, 0.15) is 17.5 Å². The number of benzene rings is 1. The maximum atomic E-state index is 13.0. The van der Waals surface area contributed by atoms with Gasteiger partial charge in [-0.15, -0.1) is 0 Å². The number of piperidine rings is 1. The number of amides is 1. The van der Waals surface area contributed by atoms with Crippen LogP contribution in [0.2, 0.25) is 0 Å². The van der Waals surface area contributed by atoms with Crippen LogP contribution in [0, 0.1) is 5.82 Å². The Morgan fingerprint density at radius 3 is 2.63 bits per heavy atom. The summed E-state index contributed by atoms with van der Waals surface area (Å²) in [5, 5.41) is 3.44. The molecule has 7 heteroatoms. The fourth-order valence-electron chi connectivity index (χ4n) is 3.70. The number of anilines is 1. The molecule has 162 valence electrons. The summed E-state index contributed by atoms with van der Waals surface area (Å²) in [4.78, 5) is 25.7. The average molecular weight is 414 g/mol. The molecule has 0 aliphatic carbocycles. The average Bonchev–Trinajstić information content (AvgIpc) is 2.75. The van der Waals surface area contributed by atoms with Crippen LogP contribution in [0.15, 0.2) is 30.3 Å². The van der Waals surface area contributed by atoms with Gasteiger partial charge in [0.05, 0.1) is 12.2 Å². The first-order valence-electron chi connectivity index (χ1n) is 10.7. The molecular formula is C23H32FN5O. The highest BCUT2D eigenvalue weighted by Crippen LogP contribution is 2.24. The van der Waals surface area contributed by atoms with Crippen molar-refractivity contribution >= 4 is 11.7 Å². The molecule has 1 N–H and O–H groups in total. The van der Waals surface area contributed by atoms with E-state index in [0.717, 1.165) is 55.8 Å². The minimum absolute atomic E-state index is 0.0665. The molecule has 1 aromatic carbocycles. The Hall–Kier alpha value is -2.54. The summed E-state index contributed by atoms with van der Waals surface area (Å²) < 4.78 is 13.0. The lowest BCUT2D eigenvalue weighted by molar-refractivity contribution is -0.130. The van der Waals surface area contributed by atoms with Gasteiger partial charge < -0.3 is 15.1 Å². The number of hydrogen-bond acceptors (Lipinski definition) is 5. The molecule has 1 aliphatic rings. The monoisotopic (exact) mass is 413 g/mol. The Bertz CT molecular complexity index is 834. The molecule has 3 rings (SSSR count). The number of carbonyl (C=O) groups is 1. The van der Waals surface area contributed by atoms with Gasteiger partial charge in [0, 0.05) is 46.1 Å². The number of nitrogens with one attached hydrogen (secondary N) is 1. The molecule has 2 aromatic rings. The number of hydrogen-bond donors (Lipinski definition) is 1. The normalized spacial score (nSPS) is 16.3. The molecule has 1 amide bonds. The summed E-state index contributed by atoms with van der Waals surface area (Å²) in [5.41, 5.74) is 2.09. The Morgan fingerprint density at radius 1 is 1.20 bits per heavy atom. The van der Waals surface area contributed by atoms with Crippen LogP contribution in [0.4, 0.5) is 10.2 Å². The van der Waals surface area contributed by atoms with Gasteiger partial charge in [0.25, 0.3) is 0 Å².